The van der Waals surface area contributed by atoms with E-state index < -0.39 is 0 Å². The average Bonchev–Trinajstić information content (AvgIpc) is 3.26. The van der Waals surface area contributed by atoms with E-state index in [2.05, 4.69) is 27.6 Å². The largest absolute Gasteiger partial charge is 0.496 e. The Morgan fingerprint density at radius 2 is 1.87 bits per heavy atom. The fourth-order valence-corrected chi connectivity index (χ4v) is 3.86. The van der Waals surface area contributed by atoms with Crippen LogP contribution in [0.15, 0.2) is 54.6 Å². The van der Waals surface area contributed by atoms with Gasteiger partial charge in [-0.05, 0) is 36.1 Å². The van der Waals surface area contributed by atoms with Crippen LogP contribution in [-0.2, 0) is 22.6 Å². The van der Waals surface area contributed by atoms with Crippen LogP contribution in [0.25, 0.3) is 11.3 Å². The molecular weight excluding hydrogens is 392 g/mol. The summed E-state index contributed by atoms with van der Waals surface area (Å²) in [5, 5.41) is 9.87. The Bertz CT molecular complexity index is 1080. The molecule has 160 valence electrons. The Hall–Kier alpha value is -3.61. The van der Waals surface area contributed by atoms with Gasteiger partial charge in [0.1, 0.15) is 5.75 Å². The molecule has 2 N–H and O–H groups in total. The number of fused-ring (bicyclic) bond motifs is 1. The van der Waals surface area contributed by atoms with Crippen LogP contribution in [0.2, 0.25) is 0 Å². The molecule has 1 aliphatic heterocycles. The number of amides is 2. The SMILES string of the molecule is COc1ccccc1-c1cc(NC(=O)CCCC(=O)N2CCc3ccccc3C2)n[nH]1. The van der Waals surface area contributed by atoms with Gasteiger partial charge in [0.25, 0.3) is 0 Å². The lowest BCUT2D eigenvalue weighted by Gasteiger charge is -2.29. The van der Waals surface area contributed by atoms with E-state index in [4.69, 9.17) is 4.74 Å². The first-order chi connectivity index (χ1) is 15.1. The number of hydrogen-bond donors (Lipinski definition) is 2. The zero-order valence-corrected chi connectivity index (χ0v) is 17.6. The van der Waals surface area contributed by atoms with Crippen LogP contribution in [0, 0.1) is 0 Å². The minimum atomic E-state index is -0.158. The van der Waals surface area contributed by atoms with E-state index in [9.17, 15) is 9.59 Å². The Balaban J connectivity index is 1.25. The van der Waals surface area contributed by atoms with Gasteiger partial charge in [0, 0.05) is 37.6 Å². The van der Waals surface area contributed by atoms with Crippen molar-refractivity contribution in [3.63, 3.8) is 0 Å². The van der Waals surface area contributed by atoms with Gasteiger partial charge < -0.3 is 15.0 Å². The van der Waals surface area contributed by atoms with E-state index in [1.54, 1.807) is 13.2 Å². The number of anilines is 1. The van der Waals surface area contributed by atoms with Crippen molar-refractivity contribution in [2.24, 2.45) is 0 Å². The van der Waals surface area contributed by atoms with Crippen LogP contribution < -0.4 is 10.1 Å². The van der Waals surface area contributed by atoms with Crippen molar-refractivity contribution >= 4 is 17.6 Å². The number of carbonyl (C=O) groups excluding carboxylic acids is 2. The minimum Gasteiger partial charge on any atom is -0.496 e. The molecule has 7 nitrogen and oxygen atoms in total. The molecule has 1 aromatic heterocycles. The fourth-order valence-electron chi connectivity index (χ4n) is 3.86. The molecule has 0 bridgehead atoms. The Labute approximate surface area is 181 Å². The van der Waals surface area contributed by atoms with Gasteiger partial charge in [-0.3, -0.25) is 14.7 Å². The maximum atomic E-state index is 12.5. The normalized spacial score (nSPS) is 12.9. The second-order valence-corrected chi connectivity index (χ2v) is 7.60. The number of rotatable bonds is 7. The Morgan fingerprint density at radius 1 is 1.10 bits per heavy atom. The lowest BCUT2D eigenvalue weighted by Crippen LogP contribution is -2.35. The van der Waals surface area contributed by atoms with Crippen molar-refractivity contribution in [2.45, 2.75) is 32.2 Å². The molecule has 2 amide bonds. The molecule has 4 rings (SSSR count). The van der Waals surface area contributed by atoms with Crippen LogP contribution in [0.1, 0.15) is 30.4 Å². The van der Waals surface area contributed by atoms with Gasteiger partial charge in [-0.15, -0.1) is 0 Å². The van der Waals surface area contributed by atoms with E-state index in [0.717, 1.165) is 30.0 Å². The summed E-state index contributed by atoms with van der Waals surface area (Å²) in [5.74, 6) is 1.11. The number of nitrogens with one attached hydrogen (secondary N) is 2. The molecule has 2 heterocycles. The number of methoxy groups -OCH3 is 1. The highest BCUT2D eigenvalue weighted by Gasteiger charge is 2.20. The van der Waals surface area contributed by atoms with Gasteiger partial charge in [0.2, 0.25) is 11.8 Å². The van der Waals surface area contributed by atoms with Crippen LogP contribution >= 0.6 is 0 Å². The molecule has 0 aliphatic carbocycles. The van der Waals surface area contributed by atoms with Crippen molar-refractivity contribution in [2.75, 3.05) is 19.0 Å². The van der Waals surface area contributed by atoms with Gasteiger partial charge >= 0.3 is 0 Å². The zero-order valence-electron chi connectivity index (χ0n) is 17.6. The zero-order chi connectivity index (χ0) is 21.6. The number of para-hydroxylation sites is 1. The third-order valence-corrected chi connectivity index (χ3v) is 5.52. The first kappa shape index (κ1) is 20.7. The second kappa shape index (κ2) is 9.47. The Morgan fingerprint density at radius 3 is 2.71 bits per heavy atom. The number of benzene rings is 2. The third-order valence-electron chi connectivity index (χ3n) is 5.52. The van der Waals surface area contributed by atoms with Crippen molar-refractivity contribution < 1.29 is 14.3 Å². The predicted molar refractivity (Wildman–Crippen MR) is 119 cm³/mol. The molecule has 3 aromatic rings. The monoisotopic (exact) mass is 418 g/mol. The summed E-state index contributed by atoms with van der Waals surface area (Å²) in [4.78, 5) is 26.7. The van der Waals surface area contributed by atoms with Crippen LogP contribution in [0.5, 0.6) is 5.75 Å². The van der Waals surface area contributed by atoms with Gasteiger partial charge in [-0.2, -0.15) is 5.10 Å². The summed E-state index contributed by atoms with van der Waals surface area (Å²) in [6.07, 6.45) is 2.03. The summed E-state index contributed by atoms with van der Waals surface area (Å²) in [5.41, 5.74) is 4.15. The average molecular weight is 418 g/mol. The van der Waals surface area contributed by atoms with Gasteiger partial charge in [0.15, 0.2) is 5.82 Å². The lowest BCUT2D eigenvalue weighted by atomic mass is 9.99. The number of carbonyl (C=O) groups is 2. The highest BCUT2D eigenvalue weighted by atomic mass is 16.5. The summed E-state index contributed by atoms with van der Waals surface area (Å²) in [6.45, 7) is 1.39. The molecule has 0 spiro atoms. The van der Waals surface area contributed by atoms with Gasteiger partial charge in [0.05, 0.1) is 12.8 Å². The first-order valence-electron chi connectivity index (χ1n) is 10.5. The number of aromatic amines is 1. The highest BCUT2D eigenvalue weighted by Crippen LogP contribution is 2.29. The molecule has 0 atom stereocenters. The van der Waals surface area contributed by atoms with E-state index in [1.165, 1.54) is 11.1 Å². The van der Waals surface area contributed by atoms with Crippen LogP contribution in [-0.4, -0.2) is 40.6 Å². The summed E-state index contributed by atoms with van der Waals surface area (Å²) >= 11 is 0. The number of aromatic nitrogens is 2. The van der Waals surface area contributed by atoms with Crippen LogP contribution in [0.4, 0.5) is 5.82 Å². The lowest BCUT2D eigenvalue weighted by molar-refractivity contribution is -0.132. The van der Waals surface area contributed by atoms with E-state index in [-0.39, 0.29) is 18.2 Å². The maximum Gasteiger partial charge on any atom is 0.225 e. The van der Waals surface area contributed by atoms with Gasteiger partial charge in [-0.25, -0.2) is 0 Å². The quantitative estimate of drug-likeness (QED) is 0.611. The van der Waals surface area contributed by atoms with Crippen molar-refractivity contribution in [3.05, 3.63) is 65.7 Å². The van der Waals surface area contributed by atoms with Crippen molar-refractivity contribution in [1.29, 1.82) is 0 Å². The van der Waals surface area contributed by atoms with Crippen molar-refractivity contribution in [1.82, 2.24) is 15.1 Å². The summed E-state index contributed by atoms with van der Waals surface area (Å²) in [6, 6.07) is 17.6. The summed E-state index contributed by atoms with van der Waals surface area (Å²) < 4.78 is 5.36. The van der Waals surface area contributed by atoms with E-state index in [1.807, 2.05) is 41.3 Å². The number of nitrogens with zero attached hydrogens (tertiary/aromatic N) is 2. The number of ether oxygens (including phenoxy) is 1. The fraction of sp³-hybridized carbons (Fsp3) is 0.292. The molecule has 7 heteroatoms. The molecule has 1 aliphatic rings. The molecule has 31 heavy (non-hydrogen) atoms. The molecule has 0 fully saturated rings. The topological polar surface area (TPSA) is 87.3 Å². The molecule has 2 aromatic carbocycles. The predicted octanol–water partition coefficient (Wildman–Crippen LogP) is 3.78. The summed E-state index contributed by atoms with van der Waals surface area (Å²) in [7, 11) is 1.61. The highest BCUT2D eigenvalue weighted by molar-refractivity contribution is 5.90. The standard InChI is InChI=1S/C24H26N4O3/c1-31-21-10-5-4-9-19(21)20-15-22(27-26-20)25-23(29)11-6-12-24(30)28-14-13-17-7-2-3-8-18(17)16-28/h2-5,7-10,15H,6,11-14,16H2,1H3,(H2,25,26,27,29). The molecule has 0 radical (unpaired) electrons. The molecule has 0 saturated heterocycles. The van der Waals surface area contributed by atoms with Gasteiger partial charge in [-0.1, -0.05) is 36.4 Å². The molecular formula is C24H26N4O3. The first-order valence-corrected chi connectivity index (χ1v) is 10.5. The van der Waals surface area contributed by atoms with Crippen LogP contribution in [0.3, 0.4) is 0 Å². The van der Waals surface area contributed by atoms with E-state index in [0.29, 0.717) is 25.2 Å². The molecule has 0 saturated carbocycles. The van der Waals surface area contributed by atoms with E-state index >= 15 is 0 Å². The minimum absolute atomic E-state index is 0.0977. The molecule has 0 unspecified atom stereocenters. The van der Waals surface area contributed by atoms with Crippen molar-refractivity contribution in [3.8, 4) is 17.0 Å². The maximum absolute atomic E-state index is 12.5. The smallest absolute Gasteiger partial charge is 0.225 e. The second-order valence-electron chi connectivity index (χ2n) is 7.60. The third kappa shape index (κ3) is 4.94. The Kier molecular flexibility index (Phi) is 6.31. The number of H-pyrrole nitrogens is 1. The number of hydrogen-bond acceptors (Lipinski definition) is 4.